The van der Waals surface area contributed by atoms with Crippen LogP contribution in [-0.2, 0) is 4.79 Å². The molecule has 2 aliphatic rings. The Bertz CT molecular complexity index is 966. The minimum atomic E-state index is -0.0580. The summed E-state index contributed by atoms with van der Waals surface area (Å²) in [6, 6.07) is 16.2. The number of amides is 2. The number of likely N-dealkylation sites (tertiary alicyclic amines) is 2. The van der Waals surface area contributed by atoms with Crippen molar-refractivity contribution < 1.29 is 19.1 Å². The van der Waals surface area contributed by atoms with Crippen LogP contribution >= 0.6 is 0 Å². The van der Waals surface area contributed by atoms with E-state index in [2.05, 4.69) is 41.4 Å². The SMILES string of the molecule is COc1cc(OC)cc(C(=O)N2CCC(C(=O)NC3CCN(C(C)c4ccccc4)C3)CC2)c1. The molecule has 2 aromatic rings. The fourth-order valence-electron chi connectivity index (χ4n) is 4.98. The zero-order chi connectivity index (χ0) is 24.1. The van der Waals surface area contributed by atoms with Crippen molar-refractivity contribution in [3.05, 3.63) is 59.7 Å². The van der Waals surface area contributed by atoms with Crippen molar-refractivity contribution in [1.29, 1.82) is 0 Å². The molecule has 2 saturated heterocycles. The third-order valence-electron chi connectivity index (χ3n) is 7.15. The van der Waals surface area contributed by atoms with Crippen molar-refractivity contribution in [2.75, 3.05) is 40.4 Å². The first-order valence-corrected chi connectivity index (χ1v) is 12.1. The van der Waals surface area contributed by atoms with E-state index in [1.165, 1.54) is 5.56 Å². The van der Waals surface area contributed by atoms with Crippen LogP contribution in [0.3, 0.4) is 0 Å². The molecule has 2 aromatic carbocycles. The van der Waals surface area contributed by atoms with Crippen molar-refractivity contribution >= 4 is 11.8 Å². The first kappa shape index (κ1) is 24.1. The standard InChI is InChI=1S/C27H35N3O4/c1-19(20-7-5-4-6-8-20)30-14-11-23(18-30)28-26(31)21-9-12-29(13-10-21)27(32)22-15-24(33-2)17-25(16-22)34-3/h4-8,15-17,19,21,23H,9-14,18H2,1-3H3,(H,28,31). The van der Waals surface area contributed by atoms with Crippen LogP contribution in [0.2, 0.25) is 0 Å². The summed E-state index contributed by atoms with van der Waals surface area (Å²) in [6.45, 7) is 5.22. The third kappa shape index (κ3) is 5.53. The molecule has 2 unspecified atom stereocenters. The van der Waals surface area contributed by atoms with Crippen molar-refractivity contribution in [2.24, 2.45) is 5.92 Å². The number of nitrogens with zero attached hydrogens (tertiary/aromatic N) is 2. The second-order valence-electron chi connectivity index (χ2n) is 9.24. The lowest BCUT2D eigenvalue weighted by molar-refractivity contribution is -0.126. The quantitative estimate of drug-likeness (QED) is 0.678. The molecule has 182 valence electrons. The summed E-state index contributed by atoms with van der Waals surface area (Å²) in [5.74, 6) is 1.18. The lowest BCUT2D eigenvalue weighted by Gasteiger charge is -2.32. The minimum Gasteiger partial charge on any atom is -0.497 e. The molecule has 2 heterocycles. The van der Waals surface area contributed by atoms with Gasteiger partial charge in [-0.05, 0) is 43.9 Å². The number of ether oxygens (including phenoxy) is 2. The van der Waals surface area contributed by atoms with Crippen LogP contribution in [0, 0.1) is 5.92 Å². The smallest absolute Gasteiger partial charge is 0.254 e. The minimum absolute atomic E-state index is 0.0514. The van der Waals surface area contributed by atoms with Gasteiger partial charge in [-0.2, -0.15) is 0 Å². The van der Waals surface area contributed by atoms with E-state index in [0.29, 0.717) is 49.0 Å². The fraction of sp³-hybridized carbons (Fsp3) is 0.481. The maximum absolute atomic E-state index is 13.0. The highest BCUT2D eigenvalue weighted by Crippen LogP contribution is 2.27. The summed E-state index contributed by atoms with van der Waals surface area (Å²) in [6.07, 6.45) is 2.32. The number of carbonyl (C=O) groups is 2. The first-order valence-electron chi connectivity index (χ1n) is 12.1. The molecule has 0 radical (unpaired) electrons. The molecule has 0 spiro atoms. The molecule has 2 fully saturated rings. The second-order valence-corrected chi connectivity index (χ2v) is 9.24. The van der Waals surface area contributed by atoms with Gasteiger partial charge in [0.05, 0.1) is 14.2 Å². The van der Waals surface area contributed by atoms with Gasteiger partial charge in [-0.3, -0.25) is 14.5 Å². The Balaban J connectivity index is 1.27. The van der Waals surface area contributed by atoms with Crippen molar-refractivity contribution in [3.63, 3.8) is 0 Å². The number of carbonyl (C=O) groups excluding carboxylic acids is 2. The zero-order valence-electron chi connectivity index (χ0n) is 20.3. The number of methoxy groups -OCH3 is 2. The molecule has 34 heavy (non-hydrogen) atoms. The van der Waals surface area contributed by atoms with Crippen molar-refractivity contribution in [3.8, 4) is 11.5 Å². The summed E-state index contributed by atoms with van der Waals surface area (Å²) in [7, 11) is 3.14. The van der Waals surface area contributed by atoms with Crippen LogP contribution in [0.1, 0.15) is 48.1 Å². The van der Waals surface area contributed by atoms with E-state index in [9.17, 15) is 9.59 Å². The van der Waals surface area contributed by atoms with Gasteiger partial charge in [-0.25, -0.2) is 0 Å². The Labute approximate surface area is 202 Å². The summed E-state index contributed by atoms with van der Waals surface area (Å²) in [4.78, 5) is 30.2. The predicted octanol–water partition coefficient (Wildman–Crippen LogP) is 3.51. The van der Waals surface area contributed by atoms with E-state index < -0.39 is 0 Å². The van der Waals surface area contributed by atoms with E-state index in [1.807, 2.05) is 11.0 Å². The Morgan fingerprint density at radius 3 is 2.21 bits per heavy atom. The predicted molar refractivity (Wildman–Crippen MR) is 131 cm³/mol. The average Bonchev–Trinajstić information content (AvgIpc) is 3.36. The molecule has 7 nitrogen and oxygen atoms in total. The summed E-state index contributed by atoms with van der Waals surface area (Å²) in [5, 5.41) is 3.27. The normalized spacial score (nSPS) is 20.1. The molecule has 2 amide bonds. The summed E-state index contributed by atoms with van der Waals surface area (Å²) in [5.41, 5.74) is 1.85. The van der Waals surface area contributed by atoms with Gasteiger partial charge in [0.25, 0.3) is 5.91 Å². The summed E-state index contributed by atoms with van der Waals surface area (Å²) >= 11 is 0. The van der Waals surface area contributed by atoms with Crippen molar-refractivity contribution in [2.45, 2.75) is 38.3 Å². The maximum Gasteiger partial charge on any atom is 0.254 e. The molecule has 4 rings (SSSR count). The zero-order valence-corrected chi connectivity index (χ0v) is 20.3. The Hall–Kier alpha value is -3.06. The van der Waals surface area contributed by atoms with Gasteiger partial charge in [-0.15, -0.1) is 0 Å². The van der Waals surface area contributed by atoms with Crippen LogP contribution in [0.4, 0.5) is 0 Å². The van der Waals surface area contributed by atoms with Gasteiger partial charge in [0.1, 0.15) is 11.5 Å². The molecule has 7 heteroatoms. The molecular formula is C27H35N3O4. The highest BCUT2D eigenvalue weighted by molar-refractivity contribution is 5.95. The van der Waals surface area contributed by atoms with Crippen LogP contribution < -0.4 is 14.8 Å². The fourth-order valence-corrected chi connectivity index (χ4v) is 4.98. The number of hydrogen-bond acceptors (Lipinski definition) is 5. The number of piperidine rings is 1. The van der Waals surface area contributed by atoms with Crippen molar-refractivity contribution in [1.82, 2.24) is 15.1 Å². The van der Waals surface area contributed by atoms with E-state index in [4.69, 9.17) is 9.47 Å². The summed E-state index contributed by atoms with van der Waals surface area (Å²) < 4.78 is 10.6. The molecular weight excluding hydrogens is 430 g/mol. The van der Waals surface area contributed by atoms with E-state index in [0.717, 1.165) is 19.5 Å². The number of hydrogen-bond donors (Lipinski definition) is 1. The monoisotopic (exact) mass is 465 g/mol. The highest BCUT2D eigenvalue weighted by Gasteiger charge is 2.32. The third-order valence-corrected chi connectivity index (χ3v) is 7.15. The van der Waals surface area contributed by atoms with E-state index in [-0.39, 0.29) is 23.8 Å². The molecule has 1 N–H and O–H groups in total. The molecule has 0 bridgehead atoms. The van der Waals surface area contributed by atoms with Gasteiger partial charge in [0, 0.05) is 55.8 Å². The van der Waals surface area contributed by atoms with Gasteiger partial charge >= 0.3 is 0 Å². The topological polar surface area (TPSA) is 71.1 Å². The Morgan fingerprint density at radius 2 is 1.59 bits per heavy atom. The first-order chi connectivity index (χ1) is 16.5. The Morgan fingerprint density at radius 1 is 0.941 bits per heavy atom. The van der Waals surface area contributed by atoms with Crippen LogP contribution in [-0.4, -0.2) is 68.1 Å². The molecule has 0 aromatic heterocycles. The van der Waals surface area contributed by atoms with Crippen LogP contribution in [0.5, 0.6) is 11.5 Å². The highest BCUT2D eigenvalue weighted by atomic mass is 16.5. The molecule has 0 aliphatic carbocycles. The Kier molecular flexibility index (Phi) is 7.73. The van der Waals surface area contributed by atoms with Gasteiger partial charge in [0.15, 0.2) is 0 Å². The number of nitrogens with one attached hydrogen (secondary N) is 1. The van der Waals surface area contributed by atoms with Crippen LogP contribution in [0.15, 0.2) is 48.5 Å². The number of rotatable bonds is 7. The largest absolute Gasteiger partial charge is 0.497 e. The number of benzene rings is 2. The second kappa shape index (κ2) is 10.9. The maximum atomic E-state index is 13.0. The lowest BCUT2D eigenvalue weighted by atomic mass is 9.95. The van der Waals surface area contributed by atoms with Gasteiger partial charge in [0.2, 0.25) is 5.91 Å². The average molecular weight is 466 g/mol. The van der Waals surface area contributed by atoms with Gasteiger partial charge < -0.3 is 19.7 Å². The van der Waals surface area contributed by atoms with E-state index in [1.54, 1.807) is 32.4 Å². The van der Waals surface area contributed by atoms with E-state index >= 15 is 0 Å². The van der Waals surface area contributed by atoms with Gasteiger partial charge in [-0.1, -0.05) is 30.3 Å². The lowest BCUT2D eigenvalue weighted by Crippen LogP contribution is -2.46. The molecule has 2 atom stereocenters. The van der Waals surface area contributed by atoms with Crippen LogP contribution in [0.25, 0.3) is 0 Å². The molecule has 0 saturated carbocycles. The molecule has 2 aliphatic heterocycles.